The number of nitrogens with zero attached hydrogens (tertiary/aromatic N) is 1. The van der Waals surface area contributed by atoms with E-state index in [0.29, 0.717) is 12.2 Å². The highest BCUT2D eigenvalue weighted by atomic mass is 19.1. The fraction of sp³-hybridized carbons (Fsp3) is 0.562. The van der Waals surface area contributed by atoms with Crippen LogP contribution in [0.4, 0.5) is 15.8 Å². The Kier molecular flexibility index (Phi) is 5.56. The quantitative estimate of drug-likeness (QED) is 0.839. The molecule has 2 rings (SSSR count). The van der Waals surface area contributed by atoms with E-state index in [4.69, 9.17) is 5.73 Å². The van der Waals surface area contributed by atoms with Gasteiger partial charge in [0.05, 0.1) is 12.2 Å². The lowest BCUT2D eigenvalue weighted by Gasteiger charge is -2.19. The second-order valence-corrected chi connectivity index (χ2v) is 5.77. The zero-order valence-corrected chi connectivity index (χ0v) is 12.6. The van der Waals surface area contributed by atoms with Crippen LogP contribution < -0.4 is 11.1 Å². The number of likely N-dealkylation sites (tertiary alicyclic amines) is 1. The second-order valence-electron chi connectivity index (χ2n) is 5.77. The summed E-state index contributed by atoms with van der Waals surface area (Å²) in [5.41, 5.74) is 6.09. The van der Waals surface area contributed by atoms with Gasteiger partial charge < -0.3 is 11.1 Å². The highest BCUT2D eigenvalue weighted by Gasteiger charge is 2.17. The lowest BCUT2D eigenvalue weighted by atomic mass is 9.98. The summed E-state index contributed by atoms with van der Waals surface area (Å²) in [6, 6.07) is 4.24. The van der Waals surface area contributed by atoms with Gasteiger partial charge in [0.25, 0.3) is 0 Å². The first-order chi connectivity index (χ1) is 10.1. The van der Waals surface area contributed by atoms with Crippen LogP contribution in [0.2, 0.25) is 0 Å². The maximum atomic E-state index is 13.1. The number of benzene rings is 1. The van der Waals surface area contributed by atoms with E-state index < -0.39 is 5.82 Å². The van der Waals surface area contributed by atoms with Crippen molar-refractivity contribution < 1.29 is 9.18 Å². The predicted octanol–water partition coefficient (Wildman–Crippen LogP) is 2.86. The molecule has 1 aromatic rings. The van der Waals surface area contributed by atoms with E-state index in [1.165, 1.54) is 31.0 Å². The Morgan fingerprint density at radius 2 is 2.24 bits per heavy atom. The Bertz CT molecular complexity index is 492. The smallest absolute Gasteiger partial charge is 0.238 e. The zero-order chi connectivity index (χ0) is 15.2. The van der Waals surface area contributed by atoms with Crippen molar-refractivity contribution in [2.75, 3.05) is 30.7 Å². The molecule has 0 aromatic heterocycles. The number of nitrogens with two attached hydrogens (primary N) is 1. The standard InChI is InChI=1S/C16H24FN3O/c1-2-12-4-3-8-20(9-7-12)11-16(21)19-13-5-6-14(17)15(18)10-13/h5-6,10,12H,2-4,7-9,11,18H2,1H3,(H,19,21). The first-order valence-corrected chi connectivity index (χ1v) is 7.65. The van der Waals surface area contributed by atoms with Crippen LogP contribution in [0.5, 0.6) is 0 Å². The van der Waals surface area contributed by atoms with E-state index in [0.717, 1.165) is 31.8 Å². The Balaban J connectivity index is 1.85. The van der Waals surface area contributed by atoms with Gasteiger partial charge in [-0.15, -0.1) is 0 Å². The minimum absolute atomic E-state index is 0.0494. The van der Waals surface area contributed by atoms with Gasteiger partial charge in [0.1, 0.15) is 5.82 Å². The van der Waals surface area contributed by atoms with Crippen LogP contribution >= 0.6 is 0 Å². The topological polar surface area (TPSA) is 58.4 Å². The lowest BCUT2D eigenvalue weighted by molar-refractivity contribution is -0.117. The van der Waals surface area contributed by atoms with E-state index in [2.05, 4.69) is 17.1 Å². The number of hydrogen-bond acceptors (Lipinski definition) is 3. The molecule has 3 N–H and O–H groups in total. The maximum Gasteiger partial charge on any atom is 0.238 e. The second kappa shape index (κ2) is 7.41. The number of hydrogen-bond donors (Lipinski definition) is 2. The van der Waals surface area contributed by atoms with Gasteiger partial charge in [0.15, 0.2) is 0 Å². The molecule has 1 aromatic carbocycles. The molecular formula is C16H24FN3O. The number of anilines is 2. The average Bonchev–Trinajstić information content (AvgIpc) is 2.68. The molecule has 0 spiro atoms. The Labute approximate surface area is 125 Å². The fourth-order valence-corrected chi connectivity index (χ4v) is 2.82. The molecule has 1 unspecified atom stereocenters. The summed E-state index contributed by atoms with van der Waals surface area (Å²) in [6.07, 6.45) is 4.78. The predicted molar refractivity (Wildman–Crippen MR) is 83.5 cm³/mol. The van der Waals surface area contributed by atoms with Crippen molar-refractivity contribution in [3.8, 4) is 0 Å². The summed E-state index contributed by atoms with van der Waals surface area (Å²) in [7, 11) is 0. The molecule has 1 aliphatic heterocycles. The van der Waals surface area contributed by atoms with Crippen LogP contribution in [0.1, 0.15) is 32.6 Å². The summed E-state index contributed by atoms with van der Waals surface area (Å²) < 4.78 is 13.1. The average molecular weight is 293 g/mol. The molecule has 0 radical (unpaired) electrons. The molecule has 1 atom stereocenters. The van der Waals surface area contributed by atoms with E-state index in [1.54, 1.807) is 0 Å². The minimum Gasteiger partial charge on any atom is -0.396 e. The maximum absolute atomic E-state index is 13.1. The Morgan fingerprint density at radius 3 is 2.95 bits per heavy atom. The van der Waals surface area contributed by atoms with Crippen LogP contribution in [-0.2, 0) is 4.79 Å². The molecule has 4 nitrogen and oxygen atoms in total. The number of rotatable bonds is 4. The molecule has 1 aliphatic rings. The van der Waals surface area contributed by atoms with Crippen LogP contribution in [0.15, 0.2) is 18.2 Å². The van der Waals surface area contributed by atoms with Crippen molar-refractivity contribution in [2.24, 2.45) is 5.92 Å². The van der Waals surface area contributed by atoms with Crippen molar-refractivity contribution in [2.45, 2.75) is 32.6 Å². The zero-order valence-electron chi connectivity index (χ0n) is 12.6. The summed E-state index contributed by atoms with van der Waals surface area (Å²) in [5.74, 6) is 0.247. The summed E-state index contributed by atoms with van der Waals surface area (Å²) in [6.45, 7) is 4.55. The van der Waals surface area contributed by atoms with E-state index in [-0.39, 0.29) is 11.6 Å². The first-order valence-electron chi connectivity index (χ1n) is 7.65. The highest BCUT2D eigenvalue weighted by Crippen LogP contribution is 2.20. The third-order valence-corrected chi connectivity index (χ3v) is 4.16. The van der Waals surface area contributed by atoms with Crippen LogP contribution in [0.25, 0.3) is 0 Å². The number of amides is 1. The van der Waals surface area contributed by atoms with Gasteiger partial charge in [0, 0.05) is 5.69 Å². The minimum atomic E-state index is -0.467. The van der Waals surface area contributed by atoms with Gasteiger partial charge in [-0.05, 0) is 56.5 Å². The molecule has 5 heteroatoms. The molecule has 1 saturated heterocycles. The molecule has 116 valence electrons. The van der Waals surface area contributed by atoms with Crippen molar-refractivity contribution in [1.82, 2.24) is 4.90 Å². The van der Waals surface area contributed by atoms with Gasteiger partial charge in [-0.3, -0.25) is 9.69 Å². The Morgan fingerprint density at radius 1 is 1.43 bits per heavy atom. The molecule has 0 aliphatic carbocycles. The van der Waals surface area contributed by atoms with Gasteiger partial charge in [-0.1, -0.05) is 13.3 Å². The molecule has 0 saturated carbocycles. The molecule has 21 heavy (non-hydrogen) atoms. The summed E-state index contributed by atoms with van der Waals surface area (Å²) in [5, 5.41) is 2.78. The number of carbonyl (C=O) groups excluding carboxylic acids is 1. The van der Waals surface area contributed by atoms with Crippen molar-refractivity contribution in [3.63, 3.8) is 0 Å². The van der Waals surface area contributed by atoms with Crippen molar-refractivity contribution in [3.05, 3.63) is 24.0 Å². The number of carbonyl (C=O) groups is 1. The third-order valence-electron chi connectivity index (χ3n) is 4.16. The molecule has 1 fully saturated rings. The molecular weight excluding hydrogens is 269 g/mol. The van der Waals surface area contributed by atoms with Crippen LogP contribution in [0.3, 0.4) is 0 Å². The summed E-state index contributed by atoms with van der Waals surface area (Å²) >= 11 is 0. The molecule has 1 heterocycles. The number of nitrogens with one attached hydrogen (secondary N) is 1. The fourth-order valence-electron chi connectivity index (χ4n) is 2.82. The normalized spacial score (nSPS) is 20.0. The monoisotopic (exact) mass is 293 g/mol. The van der Waals surface area contributed by atoms with Crippen molar-refractivity contribution >= 4 is 17.3 Å². The highest BCUT2D eigenvalue weighted by molar-refractivity contribution is 5.92. The van der Waals surface area contributed by atoms with E-state index in [9.17, 15) is 9.18 Å². The van der Waals surface area contributed by atoms with Gasteiger partial charge in [0.2, 0.25) is 5.91 Å². The largest absolute Gasteiger partial charge is 0.396 e. The lowest BCUT2D eigenvalue weighted by Crippen LogP contribution is -2.34. The van der Waals surface area contributed by atoms with Gasteiger partial charge in [-0.25, -0.2) is 4.39 Å². The first kappa shape index (κ1) is 15.8. The van der Waals surface area contributed by atoms with Crippen LogP contribution in [-0.4, -0.2) is 30.4 Å². The Hall–Kier alpha value is -1.62. The van der Waals surface area contributed by atoms with Crippen LogP contribution in [0, 0.1) is 11.7 Å². The van der Waals surface area contributed by atoms with Crippen molar-refractivity contribution in [1.29, 1.82) is 0 Å². The third kappa shape index (κ3) is 4.70. The van der Waals surface area contributed by atoms with Gasteiger partial charge >= 0.3 is 0 Å². The van der Waals surface area contributed by atoms with E-state index in [1.807, 2.05) is 0 Å². The number of halogens is 1. The molecule has 1 amide bonds. The SMILES string of the molecule is CCC1CCCN(CC(=O)Nc2ccc(F)c(N)c2)CC1. The molecule has 0 bridgehead atoms. The number of nitrogen functional groups attached to an aromatic ring is 1. The summed E-state index contributed by atoms with van der Waals surface area (Å²) in [4.78, 5) is 14.2. The van der Waals surface area contributed by atoms with E-state index >= 15 is 0 Å². The van der Waals surface area contributed by atoms with Gasteiger partial charge in [-0.2, -0.15) is 0 Å².